The quantitative estimate of drug-likeness (QED) is 0.610. The minimum atomic E-state index is -0.628. The molecule has 1 rings (SSSR count). The van der Waals surface area contributed by atoms with Crippen LogP contribution in [-0.2, 0) is 0 Å². The second-order valence-corrected chi connectivity index (χ2v) is 2.91. The van der Waals surface area contributed by atoms with Crippen LogP contribution in [-0.4, -0.2) is 21.9 Å². The molecule has 1 aromatic rings. The van der Waals surface area contributed by atoms with Crippen molar-refractivity contribution in [3.63, 3.8) is 0 Å². The van der Waals surface area contributed by atoms with Crippen molar-refractivity contribution in [1.29, 1.82) is 0 Å². The Morgan fingerprint density at radius 1 is 1.38 bits per heavy atom. The highest BCUT2D eigenvalue weighted by atomic mass is 19.1. The van der Waals surface area contributed by atoms with Gasteiger partial charge in [0, 0.05) is 18.1 Å². The predicted octanol–water partition coefficient (Wildman–Crippen LogP) is 1.33. The van der Waals surface area contributed by atoms with Crippen molar-refractivity contribution in [1.82, 2.24) is 0 Å². The van der Waals surface area contributed by atoms with E-state index in [4.69, 9.17) is 10.2 Å². The Morgan fingerprint density at radius 3 is 2.54 bits per heavy atom. The van der Waals surface area contributed by atoms with Crippen molar-refractivity contribution in [2.45, 2.75) is 12.8 Å². The number of phenolic OH excluding ortho intramolecular Hbond substituents is 2. The van der Waals surface area contributed by atoms with Gasteiger partial charge >= 0.3 is 0 Å². The monoisotopic (exact) mass is 186 g/mol. The smallest absolute Gasteiger partial charge is 0.163 e. The Kier molecular flexibility index (Phi) is 2.72. The van der Waals surface area contributed by atoms with Gasteiger partial charge in [-0.1, -0.05) is 6.92 Å². The zero-order valence-corrected chi connectivity index (χ0v) is 7.16. The largest absolute Gasteiger partial charge is 0.504 e. The van der Waals surface area contributed by atoms with Crippen molar-refractivity contribution < 1.29 is 19.7 Å². The van der Waals surface area contributed by atoms with Gasteiger partial charge in [-0.05, 0) is 12.1 Å². The molecule has 0 radical (unpaired) electrons. The number of benzene rings is 1. The number of aromatic hydroxyl groups is 2. The topological polar surface area (TPSA) is 60.7 Å². The third kappa shape index (κ3) is 1.72. The summed E-state index contributed by atoms with van der Waals surface area (Å²) in [7, 11) is 0. The lowest BCUT2D eigenvalue weighted by atomic mass is 10.00. The van der Waals surface area contributed by atoms with Gasteiger partial charge in [-0.15, -0.1) is 0 Å². The molecule has 0 spiro atoms. The molecule has 0 aliphatic heterocycles. The third-order valence-electron chi connectivity index (χ3n) is 1.91. The van der Waals surface area contributed by atoms with Gasteiger partial charge in [-0.2, -0.15) is 0 Å². The van der Waals surface area contributed by atoms with E-state index in [0.29, 0.717) is 0 Å². The van der Waals surface area contributed by atoms with Gasteiger partial charge in [0.25, 0.3) is 0 Å². The fourth-order valence-corrected chi connectivity index (χ4v) is 1.13. The number of hydrogen-bond donors (Lipinski definition) is 3. The third-order valence-corrected chi connectivity index (χ3v) is 1.91. The van der Waals surface area contributed by atoms with E-state index in [2.05, 4.69) is 0 Å². The van der Waals surface area contributed by atoms with Crippen molar-refractivity contribution in [3.05, 3.63) is 23.5 Å². The molecular formula is C9H11FO3. The first-order chi connectivity index (χ1) is 6.07. The summed E-state index contributed by atoms with van der Waals surface area (Å²) in [6, 6.07) is 2.12. The highest BCUT2D eigenvalue weighted by molar-refractivity contribution is 5.46. The van der Waals surface area contributed by atoms with Crippen LogP contribution in [0.4, 0.5) is 4.39 Å². The van der Waals surface area contributed by atoms with Gasteiger partial charge < -0.3 is 15.3 Å². The van der Waals surface area contributed by atoms with E-state index < -0.39 is 17.5 Å². The summed E-state index contributed by atoms with van der Waals surface area (Å²) < 4.78 is 13.1. The summed E-state index contributed by atoms with van der Waals surface area (Å²) in [4.78, 5) is 0. The molecule has 3 nitrogen and oxygen atoms in total. The van der Waals surface area contributed by atoms with Gasteiger partial charge in [0.05, 0.1) is 0 Å². The van der Waals surface area contributed by atoms with E-state index in [9.17, 15) is 9.50 Å². The number of aliphatic hydroxyl groups is 1. The molecule has 0 saturated heterocycles. The number of phenols is 2. The van der Waals surface area contributed by atoms with E-state index in [-0.39, 0.29) is 17.9 Å². The fourth-order valence-electron chi connectivity index (χ4n) is 1.13. The zero-order chi connectivity index (χ0) is 10.0. The average molecular weight is 186 g/mol. The van der Waals surface area contributed by atoms with Gasteiger partial charge in [0.15, 0.2) is 11.5 Å². The summed E-state index contributed by atoms with van der Waals surface area (Å²) in [5.41, 5.74) is -0.0532. The SMILES string of the molecule is CC(CO)c1c(F)ccc(O)c1O. The second kappa shape index (κ2) is 3.62. The highest BCUT2D eigenvalue weighted by Gasteiger charge is 2.17. The molecular weight excluding hydrogens is 175 g/mol. The maximum absolute atomic E-state index is 13.1. The van der Waals surface area contributed by atoms with Crippen molar-refractivity contribution in [3.8, 4) is 11.5 Å². The molecule has 72 valence electrons. The summed E-state index contributed by atoms with van der Waals surface area (Å²) in [6.07, 6.45) is 0. The van der Waals surface area contributed by atoms with E-state index in [0.717, 1.165) is 12.1 Å². The molecule has 1 aromatic carbocycles. The van der Waals surface area contributed by atoms with Crippen LogP contribution in [0.2, 0.25) is 0 Å². The predicted molar refractivity (Wildman–Crippen MR) is 45.2 cm³/mol. The van der Waals surface area contributed by atoms with Crippen LogP contribution in [0, 0.1) is 5.82 Å². The fraction of sp³-hybridized carbons (Fsp3) is 0.333. The normalized spacial score (nSPS) is 12.8. The Morgan fingerprint density at radius 2 is 2.00 bits per heavy atom. The van der Waals surface area contributed by atoms with Gasteiger partial charge in [0.1, 0.15) is 5.82 Å². The lowest BCUT2D eigenvalue weighted by molar-refractivity contribution is 0.266. The number of halogens is 1. The maximum atomic E-state index is 13.1. The Hall–Kier alpha value is -1.29. The van der Waals surface area contributed by atoms with Crippen LogP contribution in [0.5, 0.6) is 11.5 Å². The molecule has 0 bridgehead atoms. The molecule has 0 amide bonds. The zero-order valence-electron chi connectivity index (χ0n) is 7.16. The molecule has 1 unspecified atom stereocenters. The van der Waals surface area contributed by atoms with E-state index in [1.54, 1.807) is 6.92 Å². The van der Waals surface area contributed by atoms with Gasteiger partial charge in [0.2, 0.25) is 0 Å². The van der Waals surface area contributed by atoms with Crippen LogP contribution < -0.4 is 0 Å². The molecule has 0 aliphatic carbocycles. The number of rotatable bonds is 2. The molecule has 0 heterocycles. The van der Waals surface area contributed by atoms with Crippen LogP contribution in [0.3, 0.4) is 0 Å². The minimum Gasteiger partial charge on any atom is -0.504 e. The van der Waals surface area contributed by atoms with Gasteiger partial charge in [-0.25, -0.2) is 4.39 Å². The van der Waals surface area contributed by atoms with E-state index >= 15 is 0 Å². The van der Waals surface area contributed by atoms with Crippen LogP contribution in [0.25, 0.3) is 0 Å². The first kappa shape index (κ1) is 9.80. The summed E-state index contributed by atoms with van der Waals surface area (Å²) in [5.74, 6) is -2.04. The summed E-state index contributed by atoms with van der Waals surface area (Å²) in [6.45, 7) is 1.27. The van der Waals surface area contributed by atoms with Gasteiger partial charge in [-0.3, -0.25) is 0 Å². The summed E-state index contributed by atoms with van der Waals surface area (Å²) >= 11 is 0. The lowest BCUT2D eigenvalue weighted by Gasteiger charge is -2.12. The molecule has 0 aliphatic rings. The van der Waals surface area contributed by atoms with Crippen LogP contribution >= 0.6 is 0 Å². The minimum absolute atomic E-state index is 0.0532. The summed E-state index contributed by atoms with van der Waals surface area (Å²) in [5, 5.41) is 27.1. The molecule has 13 heavy (non-hydrogen) atoms. The Bertz CT molecular complexity index is 312. The van der Waals surface area contributed by atoms with Crippen molar-refractivity contribution in [2.24, 2.45) is 0 Å². The molecule has 1 atom stereocenters. The molecule has 0 saturated carbocycles. The molecule has 0 fully saturated rings. The number of hydrogen-bond acceptors (Lipinski definition) is 3. The first-order valence-electron chi connectivity index (χ1n) is 3.89. The van der Waals surface area contributed by atoms with Crippen LogP contribution in [0.1, 0.15) is 18.4 Å². The molecule has 0 aromatic heterocycles. The molecule has 4 heteroatoms. The van der Waals surface area contributed by atoms with Crippen molar-refractivity contribution >= 4 is 0 Å². The lowest BCUT2D eigenvalue weighted by Crippen LogP contribution is -2.02. The standard InChI is InChI=1S/C9H11FO3/c1-5(4-11)8-6(10)2-3-7(12)9(8)13/h2-3,5,11-13H,4H2,1H3. The molecule has 3 N–H and O–H groups in total. The Labute approximate surface area is 75.1 Å². The van der Waals surface area contributed by atoms with Crippen LogP contribution in [0.15, 0.2) is 12.1 Å². The first-order valence-corrected chi connectivity index (χ1v) is 3.89. The highest BCUT2D eigenvalue weighted by Crippen LogP contribution is 2.35. The van der Waals surface area contributed by atoms with E-state index in [1.165, 1.54) is 0 Å². The second-order valence-electron chi connectivity index (χ2n) is 2.91. The maximum Gasteiger partial charge on any atom is 0.163 e. The Balaban J connectivity index is 3.25. The number of aliphatic hydroxyl groups excluding tert-OH is 1. The van der Waals surface area contributed by atoms with Crippen molar-refractivity contribution in [2.75, 3.05) is 6.61 Å². The average Bonchev–Trinajstić information content (AvgIpc) is 2.12. The van der Waals surface area contributed by atoms with E-state index in [1.807, 2.05) is 0 Å².